The monoisotopic (exact) mass is 320 g/mol. The standard InChI is InChI=1S/C19H20N4O/c1-14-5-7-16(8-6-14)23-13-21-17-11-15(12-20-18(17)23)19(24)22-9-3-2-4-10-22/h5-8,11-13H,2-4,9-10H2,1H3. The number of carbonyl (C=O) groups excluding carboxylic acids is 1. The number of aryl methyl sites for hydroxylation is 1. The Morgan fingerprint density at radius 2 is 1.79 bits per heavy atom. The van der Waals surface area contributed by atoms with Gasteiger partial charge in [-0.1, -0.05) is 17.7 Å². The molecule has 0 bridgehead atoms. The average molecular weight is 320 g/mol. The maximum atomic E-state index is 12.6. The molecule has 0 N–H and O–H groups in total. The minimum absolute atomic E-state index is 0.0639. The summed E-state index contributed by atoms with van der Waals surface area (Å²) in [5.74, 6) is 0.0639. The van der Waals surface area contributed by atoms with Gasteiger partial charge in [0.05, 0.1) is 5.56 Å². The Bertz CT molecular complexity index is 876. The number of rotatable bonds is 2. The van der Waals surface area contributed by atoms with Crippen LogP contribution >= 0.6 is 0 Å². The molecule has 1 amide bonds. The number of nitrogens with zero attached hydrogens (tertiary/aromatic N) is 4. The van der Waals surface area contributed by atoms with Gasteiger partial charge in [-0.05, 0) is 44.4 Å². The number of pyridine rings is 1. The number of fused-ring (bicyclic) bond motifs is 1. The molecule has 2 aromatic heterocycles. The van der Waals surface area contributed by atoms with Crippen molar-refractivity contribution in [3.05, 3.63) is 54.0 Å². The maximum Gasteiger partial charge on any atom is 0.255 e. The molecule has 0 aliphatic carbocycles. The van der Waals surface area contributed by atoms with E-state index in [9.17, 15) is 4.79 Å². The first-order valence-electron chi connectivity index (χ1n) is 8.42. The summed E-state index contributed by atoms with van der Waals surface area (Å²) in [4.78, 5) is 23.5. The van der Waals surface area contributed by atoms with Crippen LogP contribution in [-0.2, 0) is 0 Å². The number of piperidine rings is 1. The van der Waals surface area contributed by atoms with E-state index in [0.717, 1.165) is 42.8 Å². The van der Waals surface area contributed by atoms with Gasteiger partial charge in [0.2, 0.25) is 0 Å². The van der Waals surface area contributed by atoms with Gasteiger partial charge in [0, 0.05) is 25.0 Å². The fraction of sp³-hybridized carbons (Fsp3) is 0.316. The van der Waals surface area contributed by atoms with E-state index in [4.69, 9.17) is 0 Å². The Morgan fingerprint density at radius 3 is 2.54 bits per heavy atom. The Labute approximate surface area is 140 Å². The molecule has 3 aromatic rings. The number of amides is 1. The minimum Gasteiger partial charge on any atom is -0.339 e. The van der Waals surface area contributed by atoms with E-state index in [-0.39, 0.29) is 5.91 Å². The molecule has 1 fully saturated rings. The Kier molecular flexibility index (Phi) is 3.76. The number of hydrogen-bond donors (Lipinski definition) is 0. The van der Waals surface area contributed by atoms with E-state index in [2.05, 4.69) is 29.0 Å². The van der Waals surface area contributed by atoms with E-state index in [1.807, 2.05) is 27.7 Å². The summed E-state index contributed by atoms with van der Waals surface area (Å²) >= 11 is 0. The van der Waals surface area contributed by atoms with Crippen LogP contribution in [0.4, 0.5) is 0 Å². The second kappa shape index (κ2) is 6.07. The maximum absolute atomic E-state index is 12.6. The highest BCUT2D eigenvalue weighted by Gasteiger charge is 2.19. The minimum atomic E-state index is 0.0639. The number of hydrogen-bond acceptors (Lipinski definition) is 3. The molecular weight excluding hydrogens is 300 g/mol. The number of likely N-dealkylation sites (tertiary alicyclic amines) is 1. The van der Waals surface area contributed by atoms with Crippen molar-refractivity contribution < 1.29 is 4.79 Å². The molecular formula is C19H20N4O. The lowest BCUT2D eigenvalue weighted by Gasteiger charge is -2.26. The summed E-state index contributed by atoms with van der Waals surface area (Å²) in [5.41, 5.74) is 4.38. The van der Waals surface area contributed by atoms with Crippen molar-refractivity contribution in [2.45, 2.75) is 26.2 Å². The van der Waals surface area contributed by atoms with E-state index in [1.54, 1.807) is 12.5 Å². The van der Waals surface area contributed by atoms with Crippen molar-refractivity contribution >= 4 is 17.1 Å². The highest BCUT2D eigenvalue weighted by molar-refractivity contribution is 5.96. The molecule has 0 atom stereocenters. The summed E-state index contributed by atoms with van der Waals surface area (Å²) in [6, 6.07) is 10.1. The number of benzene rings is 1. The third-order valence-electron chi connectivity index (χ3n) is 4.59. The van der Waals surface area contributed by atoms with Gasteiger partial charge in [0.15, 0.2) is 5.65 Å². The summed E-state index contributed by atoms with van der Waals surface area (Å²) in [5, 5.41) is 0. The molecule has 24 heavy (non-hydrogen) atoms. The summed E-state index contributed by atoms with van der Waals surface area (Å²) in [7, 11) is 0. The largest absolute Gasteiger partial charge is 0.339 e. The van der Waals surface area contributed by atoms with Crippen molar-refractivity contribution in [3.63, 3.8) is 0 Å². The molecule has 1 aliphatic rings. The molecule has 5 nitrogen and oxygen atoms in total. The van der Waals surface area contributed by atoms with Gasteiger partial charge in [-0.25, -0.2) is 9.97 Å². The van der Waals surface area contributed by atoms with Crippen LogP contribution < -0.4 is 0 Å². The molecule has 1 saturated heterocycles. The van der Waals surface area contributed by atoms with Crippen LogP contribution in [0.25, 0.3) is 16.9 Å². The van der Waals surface area contributed by atoms with E-state index in [0.29, 0.717) is 5.56 Å². The Morgan fingerprint density at radius 1 is 1.04 bits per heavy atom. The number of aromatic nitrogens is 3. The van der Waals surface area contributed by atoms with Gasteiger partial charge in [-0.2, -0.15) is 0 Å². The van der Waals surface area contributed by atoms with Crippen LogP contribution in [0.3, 0.4) is 0 Å². The molecule has 5 heteroatoms. The van der Waals surface area contributed by atoms with Crippen molar-refractivity contribution in [2.75, 3.05) is 13.1 Å². The second-order valence-corrected chi connectivity index (χ2v) is 6.37. The molecule has 0 unspecified atom stereocenters. The van der Waals surface area contributed by atoms with E-state index in [1.165, 1.54) is 12.0 Å². The first-order valence-corrected chi connectivity index (χ1v) is 8.42. The highest BCUT2D eigenvalue weighted by atomic mass is 16.2. The first-order chi connectivity index (χ1) is 11.7. The van der Waals surface area contributed by atoms with Gasteiger partial charge in [-0.3, -0.25) is 9.36 Å². The average Bonchev–Trinajstić information content (AvgIpc) is 3.05. The molecule has 4 rings (SSSR count). The fourth-order valence-corrected chi connectivity index (χ4v) is 3.19. The zero-order valence-electron chi connectivity index (χ0n) is 13.8. The molecule has 1 aliphatic heterocycles. The summed E-state index contributed by atoms with van der Waals surface area (Å²) in [6.45, 7) is 3.75. The van der Waals surface area contributed by atoms with Gasteiger partial charge in [-0.15, -0.1) is 0 Å². The van der Waals surface area contributed by atoms with Crippen LogP contribution in [0, 0.1) is 6.92 Å². The van der Waals surface area contributed by atoms with Crippen molar-refractivity contribution in [1.82, 2.24) is 19.4 Å². The fourth-order valence-electron chi connectivity index (χ4n) is 3.19. The molecule has 3 heterocycles. The van der Waals surface area contributed by atoms with E-state index >= 15 is 0 Å². The Hall–Kier alpha value is -2.69. The second-order valence-electron chi connectivity index (χ2n) is 6.37. The van der Waals surface area contributed by atoms with Crippen LogP contribution in [0.15, 0.2) is 42.9 Å². The topological polar surface area (TPSA) is 51.0 Å². The summed E-state index contributed by atoms with van der Waals surface area (Å²) in [6.07, 6.45) is 6.82. The normalized spacial score (nSPS) is 15.0. The van der Waals surface area contributed by atoms with Crippen LogP contribution in [0.5, 0.6) is 0 Å². The van der Waals surface area contributed by atoms with Gasteiger partial charge in [0.25, 0.3) is 5.91 Å². The lowest BCUT2D eigenvalue weighted by Crippen LogP contribution is -2.35. The predicted octanol–water partition coefficient (Wildman–Crippen LogP) is 3.36. The third-order valence-corrected chi connectivity index (χ3v) is 4.59. The lowest BCUT2D eigenvalue weighted by atomic mass is 10.1. The zero-order valence-corrected chi connectivity index (χ0v) is 13.8. The molecule has 122 valence electrons. The van der Waals surface area contributed by atoms with Crippen LogP contribution in [0.2, 0.25) is 0 Å². The smallest absolute Gasteiger partial charge is 0.255 e. The number of imidazole rings is 1. The highest BCUT2D eigenvalue weighted by Crippen LogP contribution is 2.19. The zero-order chi connectivity index (χ0) is 16.5. The van der Waals surface area contributed by atoms with Crippen molar-refractivity contribution in [2.24, 2.45) is 0 Å². The Balaban J connectivity index is 1.67. The SMILES string of the molecule is Cc1ccc(-n2cnc3cc(C(=O)N4CCCCC4)cnc32)cc1. The first kappa shape index (κ1) is 14.9. The molecule has 0 spiro atoms. The lowest BCUT2D eigenvalue weighted by molar-refractivity contribution is 0.0724. The van der Waals surface area contributed by atoms with Crippen LogP contribution in [0.1, 0.15) is 35.2 Å². The molecule has 1 aromatic carbocycles. The summed E-state index contributed by atoms with van der Waals surface area (Å²) < 4.78 is 1.95. The van der Waals surface area contributed by atoms with Gasteiger partial charge >= 0.3 is 0 Å². The van der Waals surface area contributed by atoms with Crippen molar-refractivity contribution in [3.8, 4) is 5.69 Å². The van der Waals surface area contributed by atoms with Crippen LogP contribution in [-0.4, -0.2) is 38.4 Å². The van der Waals surface area contributed by atoms with E-state index < -0.39 is 0 Å². The molecule has 0 saturated carbocycles. The molecule has 0 radical (unpaired) electrons. The van der Waals surface area contributed by atoms with Gasteiger partial charge in [0.1, 0.15) is 11.8 Å². The quantitative estimate of drug-likeness (QED) is 0.727. The van der Waals surface area contributed by atoms with Crippen molar-refractivity contribution in [1.29, 1.82) is 0 Å². The number of carbonyl (C=O) groups is 1. The third kappa shape index (κ3) is 2.66. The predicted molar refractivity (Wildman–Crippen MR) is 93.4 cm³/mol. The van der Waals surface area contributed by atoms with Gasteiger partial charge < -0.3 is 4.90 Å².